The van der Waals surface area contributed by atoms with Gasteiger partial charge in [-0.05, 0) is 37.0 Å². The summed E-state index contributed by atoms with van der Waals surface area (Å²) in [5.74, 6) is -0.617. The quantitative estimate of drug-likeness (QED) is 0.897. The fourth-order valence-electron chi connectivity index (χ4n) is 2.21. The van der Waals surface area contributed by atoms with Crippen molar-refractivity contribution in [2.75, 3.05) is 13.1 Å². The zero-order chi connectivity index (χ0) is 14.9. The second-order valence-corrected chi connectivity index (χ2v) is 7.92. The van der Waals surface area contributed by atoms with E-state index in [0.717, 1.165) is 12.8 Å². The predicted octanol–water partition coefficient (Wildman–Crippen LogP) is 2.57. The SMILES string of the molecule is CC1CCN(S(=O)(=O)c2cc(Br)cc(C(=O)O)c2)CC1. The molecule has 0 aromatic heterocycles. The summed E-state index contributed by atoms with van der Waals surface area (Å²) in [7, 11) is -3.62. The number of hydrogen-bond acceptors (Lipinski definition) is 3. The zero-order valence-corrected chi connectivity index (χ0v) is 13.4. The summed E-state index contributed by atoms with van der Waals surface area (Å²) in [6.45, 7) is 3.07. The predicted molar refractivity (Wildman–Crippen MR) is 78.3 cm³/mol. The van der Waals surface area contributed by atoms with Crippen LogP contribution in [0.5, 0.6) is 0 Å². The van der Waals surface area contributed by atoms with Crippen LogP contribution in [0.1, 0.15) is 30.1 Å². The maximum absolute atomic E-state index is 12.5. The largest absolute Gasteiger partial charge is 0.478 e. The number of aromatic carboxylic acids is 1. The Hall–Kier alpha value is -0.920. The topological polar surface area (TPSA) is 74.7 Å². The summed E-state index contributed by atoms with van der Waals surface area (Å²) in [6, 6.07) is 4.04. The molecule has 1 heterocycles. The van der Waals surface area contributed by atoms with E-state index in [1.165, 1.54) is 22.5 Å². The number of rotatable bonds is 3. The second kappa shape index (κ2) is 5.83. The van der Waals surface area contributed by atoms with Crippen LogP contribution in [0, 0.1) is 5.92 Å². The van der Waals surface area contributed by atoms with Crippen molar-refractivity contribution in [1.82, 2.24) is 4.31 Å². The Morgan fingerprint density at radius 2 is 1.90 bits per heavy atom. The molecule has 7 heteroatoms. The van der Waals surface area contributed by atoms with E-state index in [4.69, 9.17) is 5.11 Å². The monoisotopic (exact) mass is 361 g/mol. The average Bonchev–Trinajstić information content (AvgIpc) is 2.38. The van der Waals surface area contributed by atoms with Crippen LogP contribution in [0.15, 0.2) is 27.6 Å². The van der Waals surface area contributed by atoms with Crippen LogP contribution in [0.2, 0.25) is 0 Å². The third-order valence-corrected chi connectivity index (χ3v) is 5.83. The number of halogens is 1. The highest BCUT2D eigenvalue weighted by Gasteiger charge is 2.28. The molecule has 0 amide bonds. The van der Waals surface area contributed by atoms with Gasteiger partial charge >= 0.3 is 5.97 Å². The van der Waals surface area contributed by atoms with Crippen LogP contribution in [-0.4, -0.2) is 36.9 Å². The summed E-state index contributed by atoms with van der Waals surface area (Å²) in [5.41, 5.74) is -0.0386. The van der Waals surface area contributed by atoms with Crippen molar-refractivity contribution in [1.29, 1.82) is 0 Å². The van der Waals surface area contributed by atoms with E-state index in [-0.39, 0.29) is 10.5 Å². The van der Waals surface area contributed by atoms with Gasteiger partial charge in [0.05, 0.1) is 10.5 Å². The van der Waals surface area contributed by atoms with Gasteiger partial charge in [0.25, 0.3) is 0 Å². The molecule has 20 heavy (non-hydrogen) atoms. The average molecular weight is 362 g/mol. The molecule has 1 aromatic rings. The lowest BCUT2D eigenvalue weighted by atomic mass is 10.0. The van der Waals surface area contributed by atoms with Crippen molar-refractivity contribution in [3.63, 3.8) is 0 Å². The van der Waals surface area contributed by atoms with E-state index in [9.17, 15) is 13.2 Å². The number of carboxylic acid groups (broad SMARTS) is 1. The molecule has 0 aliphatic carbocycles. The van der Waals surface area contributed by atoms with E-state index >= 15 is 0 Å². The Balaban J connectivity index is 2.36. The number of nitrogens with zero attached hydrogens (tertiary/aromatic N) is 1. The summed E-state index contributed by atoms with van der Waals surface area (Å²) < 4.78 is 26.9. The normalized spacial score (nSPS) is 18.1. The van der Waals surface area contributed by atoms with Crippen molar-refractivity contribution >= 4 is 31.9 Å². The molecule has 1 fully saturated rings. The van der Waals surface area contributed by atoms with Gasteiger partial charge < -0.3 is 5.11 Å². The van der Waals surface area contributed by atoms with Gasteiger partial charge in [0.2, 0.25) is 10.0 Å². The lowest BCUT2D eigenvalue weighted by Gasteiger charge is -2.29. The first-order chi connectivity index (χ1) is 9.30. The Morgan fingerprint density at radius 1 is 1.30 bits per heavy atom. The minimum absolute atomic E-state index is 0.0267. The van der Waals surface area contributed by atoms with Crippen LogP contribution in [-0.2, 0) is 10.0 Å². The molecule has 2 rings (SSSR count). The molecule has 0 spiro atoms. The fourth-order valence-corrected chi connectivity index (χ4v) is 4.40. The molecule has 0 unspecified atom stereocenters. The van der Waals surface area contributed by atoms with E-state index in [0.29, 0.717) is 23.5 Å². The fraction of sp³-hybridized carbons (Fsp3) is 0.462. The van der Waals surface area contributed by atoms with E-state index < -0.39 is 16.0 Å². The van der Waals surface area contributed by atoms with Gasteiger partial charge in [-0.15, -0.1) is 0 Å². The maximum Gasteiger partial charge on any atom is 0.335 e. The van der Waals surface area contributed by atoms with Crippen LogP contribution >= 0.6 is 15.9 Å². The Kier molecular flexibility index (Phi) is 4.51. The maximum atomic E-state index is 12.5. The summed E-state index contributed by atoms with van der Waals surface area (Å²) in [5, 5.41) is 9.02. The minimum atomic E-state index is -3.62. The number of sulfonamides is 1. The third kappa shape index (κ3) is 3.21. The summed E-state index contributed by atoms with van der Waals surface area (Å²) in [6.07, 6.45) is 1.66. The molecule has 1 aliphatic heterocycles. The van der Waals surface area contributed by atoms with Crippen molar-refractivity contribution < 1.29 is 18.3 Å². The molecular formula is C13H16BrNO4S. The molecule has 1 aromatic carbocycles. The molecular weight excluding hydrogens is 346 g/mol. The molecule has 0 atom stereocenters. The van der Waals surface area contributed by atoms with Gasteiger partial charge in [-0.2, -0.15) is 4.31 Å². The number of carbonyl (C=O) groups is 1. The second-order valence-electron chi connectivity index (χ2n) is 5.07. The van der Waals surface area contributed by atoms with Crippen molar-refractivity contribution in [3.8, 4) is 0 Å². The first-order valence-corrected chi connectivity index (χ1v) is 8.58. The van der Waals surface area contributed by atoms with Crippen LogP contribution < -0.4 is 0 Å². The van der Waals surface area contributed by atoms with Gasteiger partial charge in [0.1, 0.15) is 0 Å². The highest BCUT2D eigenvalue weighted by molar-refractivity contribution is 9.10. The van der Waals surface area contributed by atoms with Gasteiger partial charge in [0.15, 0.2) is 0 Å². The van der Waals surface area contributed by atoms with Crippen molar-refractivity contribution in [2.24, 2.45) is 5.92 Å². The van der Waals surface area contributed by atoms with Gasteiger partial charge in [0, 0.05) is 17.6 Å². The molecule has 1 saturated heterocycles. The number of piperidine rings is 1. The van der Waals surface area contributed by atoms with E-state index in [2.05, 4.69) is 22.9 Å². The molecule has 5 nitrogen and oxygen atoms in total. The zero-order valence-electron chi connectivity index (χ0n) is 11.0. The molecule has 1 N–H and O–H groups in total. The molecule has 0 radical (unpaired) electrons. The van der Waals surface area contributed by atoms with E-state index in [1.807, 2.05) is 0 Å². The van der Waals surface area contributed by atoms with Crippen molar-refractivity contribution in [3.05, 3.63) is 28.2 Å². The highest BCUT2D eigenvalue weighted by Crippen LogP contribution is 2.26. The van der Waals surface area contributed by atoms with Crippen LogP contribution in [0.3, 0.4) is 0 Å². The molecule has 110 valence electrons. The van der Waals surface area contributed by atoms with Crippen molar-refractivity contribution in [2.45, 2.75) is 24.7 Å². The van der Waals surface area contributed by atoms with Gasteiger partial charge in [-0.1, -0.05) is 22.9 Å². The lowest BCUT2D eigenvalue weighted by Crippen LogP contribution is -2.37. The third-order valence-electron chi connectivity index (χ3n) is 3.50. The summed E-state index contributed by atoms with van der Waals surface area (Å²) in [4.78, 5) is 11.0. The number of hydrogen-bond donors (Lipinski definition) is 1. The highest BCUT2D eigenvalue weighted by atomic mass is 79.9. The summed E-state index contributed by atoms with van der Waals surface area (Å²) >= 11 is 3.16. The molecule has 0 saturated carbocycles. The molecule has 1 aliphatic rings. The number of carboxylic acids is 1. The lowest BCUT2D eigenvalue weighted by molar-refractivity contribution is 0.0696. The van der Waals surface area contributed by atoms with Crippen LogP contribution in [0.4, 0.5) is 0 Å². The first kappa shape index (κ1) is 15.5. The van der Waals surface area contributed by atoms with Gasteiger partial charge in [-0.3, -0.25) is 0 Å². The van der Waals surface area contributed by atoms with Crippen LogP contribution in [0.25, 0.3) is 0 Å². The molecule has 0 bridgehead atoms. The van der Waals surface area contributed by atoms with E-state index in [1.54, 1.807) is 0 Å². The Bertz CT molecular complexity index is 621. The number of benzene rings is 1. The smallest absolute Gasteiger partial charge is 0.335 e. The Labute approximate surface area is 126 Å². The first-order valence-electron chi connectivity index (χ1n) is 6.35. The Morgan fingerprint density at radius 3 is 2.45 bits per heavy atom. The van der Waals surface area contributed by atoms with Gasteiger partial charge in [-0.25, -0.2) is 13.2 Å². The minimum Gasteiger partial charge on any atom is -0.478 e. The standard InChI is InChI=1S/C13H16BrNO4S/c1-9-2-4-15(5-3-9)20(18,19)12-7-10(13(16)17)6-11(14)8-12/h6-9H,2-5H2,1H3,(H,16,17).